The maximum absolute atomic E-state index is 12.6. The van der Waals surface area contributed by atoms with Crippen LogP contribution in [0.5, 0.6) is 0 Å². The van der Waals surface area contributed by atoms with Crippen molar-refractivity contribution in [1.29, 1.82) is 0 Å². The van der Waals surface area contributed by atoms with Gasteiger partial charge in [0.1, 0.15) is 6.61 Å². The summed E-state index contributed by atoms with van der Waals surface area (Å²) in [6.07, 6.45) is -0.0461. The van der Waals surface area contributed by atoms with Gasteiger partial charge in [-0.3, -0.25) is 0 Å². The van der Waals surface area contributed by atoms with Gasteiger partial charge < -0.3 is 15.2 Å². The molecule has 0 heterocycles. The molecule has 0 aliphatic heterocycles. The van der Waals surface area contributed by atoms with Gasteiger partial charge in [-0.2, -0.15) is 0 Å². The first kappa shape index (κ1) is 20.6. The number of amides is 1. The molecule has 1 aliphatic rings. The number of carbonyl (C=O) groups is 1. The fourth-order valence-corrected chi connectivity index (χ4v) is 4.51. The quantitative estimate of drug-likeness (QED) is 0.520. The van der Waals surface area contributed by atoms with Crippen LogP contribution in [0.25, 0.3) is 11.1 Å². The highest BCUT2D eigenvalue weighted by molar-refractivity contribution is 9.10. The average Bonchev–Trinajstić information content (AvgIpc) is 3.08. The van der Waals surface area contributed by atoms with Crippen molar-refractivity contribution in [3.05, 3.63) is 94.0 Å². The Balaban J connectivity index is 1.45. The fraction of sp³-hybridized carbons (Fsp3) is 0.240. The standard InChI is InChI=1S/C25H24BrNO3/c1-25(16-28,14-17-8-2-7-13-23(17)26)27-24(29)30-15-22-20-11-5-3-9-18(20)19-10-4-6-12-21(19)22/h2-13,22,28H,14-16H2,1H3,(H,27,29). The summed E-state index contributed by atoms with van der Waals surface area (Å²) in [6.45, 7) is 1.86. The highest BCUT2D eigenvalue weighted by Crippen LogP contribution is 2.44. The predicted molar refractivity (Wildman–Crippen MR) is 122 cm³/mol. The van der Waals surface area contributed by atoms with Crippen LogP contribution in [0.4, 0.5) is 4.79 Å². The number of benzene rings is 3. The van der Waals surface area contributed by atoms with Gasteiger partial charge in [-0.25, -0.2) is 4.79 Å². The zero-order chi connectivity index (χ0) is 21.1. The summed E-state index contributed by atoms with van der Waals surface area (Å²) in [7, 11) is 0. The Hall–Kier alpha value is -2.63. The Morgan fingerprint density at radius 2 is 1.57 bits per heavy atom. The largest absolute Gasteiger partial charge is 0.449 e. The van der Waals surface area contributed by atoms with Crippen molar-refractivity contribution in [2.45, 2.75) is 24.8 Å². The van der Waals surface area contributed by atoms with Crippen molar-refractivity contribution in [3.8, 4) is 11.1 Å². The fourth-order valence-electron chi connectivity index (χ4n) is 4.08. The summed E-state index contributed by atoms with van der Waals surface area (Å²) >= 11 is 3.52. The molecule has 1 atom stereocenters. The molecule has 0 radical (unpaired) electrons. The van der Waals surface area contributed by atoms with Crippen molar-refractivity contribution in [3.63, 3.8) is 0 Å². The van der Waals surface area contributed by atoms with Crippen LogP contribution >= 0.6 is 15.9 Å². The molecule has 3 aromatic carbocycles. The Bertz CT molecular complexity index is 1020. The SMILES string of the molecule is CC(CO)(Cc1ccccc1Br)NC(=O)OCC1c2ccccc2-c2ccccc21. The first-order chi connectivity index (χ1) is 14.5. The van der Waals surface area contributed by atoms with E-state index >= 15 is 0 Å². The van der Waals surface area contributed by atoms with Crippen LogP contribution in [0.3, 0.4) is 0 Å². The van der Waals surface area contributed by atoms with Gasteiger partial charge in [0.05, 0.1) is 12.1 Å². The third-order valence-electron chi connectivity index (χ3n) is 5.63. The van der Waals surface area contributed by atoms with E-state index in [1.54, 1.807) is 0 Å². The topological polar surface area (TPSA) is 58.6 Å². The molecular formula is C25H24BrNO3. The summed E-state index contributed by atoms with van der Waals surface area (Å²) in [5.41, 5.74) is 4.90. The first-order valence-corrected chi connectivity index (χ1v) is 10.8. The number of alkyl carbamates (subject to hydrolysis) is 1. The van der Waals surface area contributed by atoms with E-state index in [9.17, 15) is 9.90 Å². The number of halogens is 1. The van der Waals surface area contributed by atoms with Crippen LogP contribution in [0.2, 0.25) is 0 Å². The lowest BCUT2D eigenvalue weighted by molar-refractivity contribution is 0.114. The molecule has 0 aromatic heterocycles. The zero-order valence-corrected chi connectivity index (χ0v) is 18.4. The monoisotopic (exact) mass is 465 g/mol. The lowest BCUT2D eigenvalue weighted by Gasteiger charge is -2.29. The lowest BCUT2D eigenvalue weighted by Crippen LogP contribution is -2.51. The van der Waals surface area contributed by atoms with Crippen LogP contribution in [0, 0.1) is 0 Å². The van der Waals surface area contributed by atoms with Gasteiger partial charge in [0.25, 0.3) is 0 Å². The Labute approximate surface area is 185 Å². The van der Waals surface area contributed by atoms with Crippen molar-refractivity contribution in [2.75, 3.05) is 13.2 Å². The van der Waals surface area contributed by atoms with Crippen LogP contribution in [-0.2, 0) is 11.2 Å². The molecule has 3 aromatic rings. The van der Waals surface area contributed by atoms with Crippen LogP contribution in [0.1, 0.15) is 29.5 Å². The summed E-state index contributed by atoms with van der Waals surface area (Å²) in [4.78, 5) is 12.6. The molecule has 0 spiro atoms. The molecule has 1 unspecified atom stereocenters. The Morgan fingerprint density at radius 1 is 1.00 bits per heavy atom. The van der Waals surface area contributed by atoms with Crippen LogP contribution in [0.15, 0.2) is 77.3 Å². The number of ether oxygens (including phenoxy) is 1. The van der Waals surface area contributed by atoms with Crippen LogP contribution in [-0.4, -0.2) is 30.0 Å². The molecule has 0 saturated carbocycles. The van der Waals surface area contributed by atoms with E-state index in [0.717, 1.165) is 10.0 Å². The predicted octanol–water partition coefficient (Wildman–Crippen LogP) is 5.28. The van der Waals surface area contributed by atoms with Crippen molar-refractivity contribution < 1.29 is 14.6 Å². The van der Waals surface area contributed by atoms with Gasteiger partial charge in [-0.1, -0.05) is 82.7 Å². The third-order valence-corrected chi connectivity index (χ3v) is 6.41. The molecule has 30 heavy (non-hydrogen) atoms. The van der Waals surface area contributed by atoms with E-state index in [1.807, 2.05) is 55.5 Å². The summed E-state index contributed by atoms with van der Waals surface area (Å²) in [5, 5.41) is 12.8. The summed E-state index contributed by atoms with van der Waals surface area (Å²) in [5.74, 6) is 0.00630. The molecule has 0 bridgehead atoms. The molecule has 4 rings (SSSR count). The third kappa shape index (κ3) is 4.13. The van der Waals surface area contributed by atoms with Crippen molar-refractivity contribution in [2.24, 2.45) is 0 Å². The molecule has 4 nitrogen and oxygen atoms in total. The number of rotatable bonds is 6. The molecular weight excluding hydrogens is 442 g/mol. The molecule has 2 N–H and O–H groups in total. The Kier molecular flexibility index (Phi) is 5.93. The van der Waals surface area contributed by atoms with Crippen LogP contribution < -0.4 is 5.32 Å². The van der Waals surface area contributed by atoms with Gasteiger partial charge in [-0.05, 0) is 47.2 Å². The molecule has 5 heteroatoms. The van der Waals surface area contributed by atoms with E-state index in [2.05, 4.69) is 45.5 Å². The highest BCUT2D eigenvalue weighted by Gasteiger charge is 2.31. The number of fused-ring (bicyclic) bond motifs is 3. The summed E-state index contributed by atoms with van der Waals surface area (Å²) in [6, 6.07) is 24.3. The number of aliphatic hydroxyl groups is 1. The van der Waals surface area contributed by atoms with E-state index in [-0.39, 0.29) is 19.1 Å². The molecule has 1 amide bonds. The first-order valence-electron chi connectivity index (χ1n) is 9.98. The van der Waals surface area contributed by atoms with E-state index in [4.69, 9.17) is 4.74 Å². The molecule has 0 saturated heterocycles. The minimum Gasteiger partial charge on any atom is -0.449 e. The average molecular weight is 466 g/mol. The number of nitrogens with one attached hydrogen (secondary N) is 1. The second-order valence-electron chi connectivity index (χ2n) is 7.94. The zero-order valence-electron chi connectivity index (χ0n) is 16.8. The smallest absolute Gasteiger partial charge is 0.407 e. The van der Waals surface area contributed by atoms with Gasteiger partial charge in [-0.15, -0.1) is 0 Å². The Morgan fingerprint density at radius 3 is 2.17 bits per heavy atom. The van der Waals surface area contributed by atoms with E-state index in [0.29, 0.717) is 6.42 Å². The van der Waals surface area contributed by atoms with Gasteiger partial charge in [0.15, 0.2) is 0 Å². The van der Waals surface area contributed by atoms with E-state index in [1.165, 1.54) is 22.3 Å². The highest BCUT2D eigenvalue weighted by atomic mass is 79.9. The molecule has 154 valence electrons. The maximum atomic E-state index is 12.6. The number of carbonyl (C=O) groups excluding carboxylic acids is 1. The maximum Gasteiger partial charge on any atom is 0.407 e. The second-order valence-corrected chi connectivity index (χ2v) is 8.79. The number of hydrogen-bond donors (Lipinski definition) is 2. The number of hydrogen-bond acceptors (Lipinski definition) is 3. The van der Waals surface area contributed by atoms with Crippen molar-refractivity contribution in [1.82, 2.24) is 5.32 Å². The molecule has 0 fully saturated rings. The minimum atomic E-state index is -0.827. The van der Waals surface area contributed by atoms with Gasteiger partial charge >= 0.3 is 6.09 Å². The van der Waals surface area contributed by atoms with Gasteiger partial charge in [0.2, 0.25) is 0 Å². The second kappa shape index (κ2) is 8.62. The normalized spacial score (nSPS) is 14.5. The molecule has 1 aliphatic carbocycles. The lowest BCUT2D eigenvalue weighted by atomic mass is 9.94. The van der Waals surface area contributed by atoms with Gasteiger partial charge in [0, 0.05) is 10.4 Å². The summed E-state index contributed by atoms with van der Waals surface area (Å²) < 4.78 is 6.58. The minimum absolute atomic E-state index is 0.00630. The van der Waals surface area contributed by atoms with Crippen molar-refractivity contribution >= 4 is 22.0 Å². The number of aliphatic hydroxyl groups excluding tert-OH is 1. The van der Waals surface area contributed by atoms with E-state index < -0.39 is 11.6 Å².